The van der Waals surface area contributed by atoms with Crippen molar-refractivity contribution < 1.29 is 13.2 Å². The van der Waals surface area contributed by atoms with E-state index in [-0.39, 0.29) is 0 Å². The Morgan fingerprint density at radius 3 is 0.875 bits per heavy atom. The quantitative estimate of drug-likeness (QED) is 0.514. The summed E-state index contributed by atoms with van der Waals surface area (Å²) in [6.07, 6.45) is 0. The van der Waals surface area contributed by atoms with Crippen molar-refractivity contribution in [2.45, 2.75) is 11.0 Å². The third-order valence-electron chi connectivity index (χ3n) is 0. The van der Waals surface area contributed by atoms with E-state index < -0.39 is 11.0 Å². The zero-order valence-electron chi connectivity index (χ0n) is 3.42. The average molecular weight is 189 g/mol. The second kappa shape index (κ2) is 7.66. The van der Waals surface area contributed by atoms with Crippen LogP contribution in [-0.4, -0.2) is 11.0 Å². The Morgan fingerprint density at radius 1 is 0.875 bits per heavy atom. The number of alkyl halides is 6. The van der Waals surface area contributed by atoms with Gasteiger partial charge in [0.05, 0.1) is 0 Å². The lowest BCUT2D eigenvalue weighted by Gasteiger charge is -1.68. The van der Waals surface area contributed by atoms with Crippen molar-refractivity contribution >= 4 is 34.8 Å². The molecule has 6 heteroatoms. The molecule has 0 aromatic carbocycles. The Bertz CT molecular complexity index is 28.0. The highest BCUT2D eigenvalue weighted by Crippen LogP contribution is 1.98. The van der Waals surface area contributed by atoms with Crippen LogP contribution in [0.5, 0.6) is 0 Å². The number of hydrogen-bond donors (Lipinski definition) is 0. The molecule has 0 aliphatic carbocycles. The number of hydrogen-bond acceptors (Lipinski definition) is 0. The van der Waals surface area contributed by atoms with Crippen LogP contribution in [0.3, 0.4) is 0 Å². The third kappa shape index (κ3) is 490. The van der Waals surface area contributed by atoms with Crippen LogP contribution in [0.4, 0.5) is 13.2 Å². The summed E-state index contributed by atoms with van der Waals surface area (Å²) in [5.41, 5.74) is 0. The maximum atomic E-state index is 10.5. The van der Waals surface area contributed by atoms with E-state index in [0.29, 0.717) is 0 Å². The second-order valence-electron chi connectivity index (χ2n) is 0.495. The maximum Gasteiger partial charge on any atom is 0.312 e. The van der Waals surface area contributed by atoms with Crippen molar-refractivity contribution in [2.24, 2.45) is 0 Å². The first-order valence-corrected chi connectivity index (χ1v) is 2.62. The molecule has 0 heterocycles. The molecule has 0 fully saturated rings. The Kier molecular flexibility index (Phi) is 11.0. The van der Waals surface area contributed by atoms with Crippen molar-refractivity contribution in [3.63, 3.8) is 0 Å². The van der Waals surface area contributed by atoms with E-state index in [1.807, 2.05) is 0 Å². The molecule has 0 spiro atoms. The molecule has 52 valence electrons. The van der Waals surface area contributed by atoms with E-state index in [1.165, 1.54) is 0 Å². The van der Waals surface area contributed by atoms with Gasteiger partial charge in [-0.2, -0.15) is 8.78 Å². The molecular weight excluding hydrogens is 187 g/mol. The van der Waals surface area contributed by atoms with E-state index in [2.05, 4.69) is 34.8 Å². The van der Waals surface area contributed by atoms with Crippen LogP contribution >= 0.6 is 34.8 Å². The fraction of sp³-hybridized carbons (Fsp3) is 1.00. The Morgan fingerprint density at radius 2 is 0.875 bits per heavy atom. The molecule has 0 saturated heterocycles. The lowest BCUT2D eigenvalue weighted by atomic mass is 11.7. The van der Waals surface area contributed by atoms with Crippen molar-refractivity contribution in [2.75, 3.05) is 0 Å². The van der Waals surface area contributed by atoms with E-state index in [0.717, 1.165) is 0 Å². The molecule has 0 amide bonds. The molecule has 0 unspecified atom stereocenters. The fourth-order valence-electron chi connectivity index (χ4n) is 0. The van der Waals surface area contributed by atoms with Crippen LogP contribution in [0.15, 0.2) is 0 Å². The summed E-state index contributed by atoms with van der Waals surface area (Å²) < 4.78 is 30.7. The smallest absolute Gasteiger partial charge is 0.212 e. The zero-order valence-corrected chi connectivity index (χ0v) is 5.69. The first kappa shape index (κ1) is 11.5. The second-order valence-corrected chi connectivity index (χ2v) is 1.81. The van der Waals surface area contributed by atoms with Crippen molar-refractivity contribution in [1.82, 2.24) is 0 Å². The molecule has 0 nitrogen and oxygen atoms in total. The van der Waals surface area contributed by atoms with Crippen LogP contribution in [0.2, 0.25) is 0 Å². The van der Waals surface area contributed by atoms with Gasteiger partial charge in [-0.05, 0) is 0 Å². The summed E-state index contributed by atoms with van der Waals surface area (Å²) >= 11 is 12.7. The van der Waals surface area contributed by atoms with Crippen molar-refractivity contribution in [3.8, 4) is 0 Å². The minimum atomic E-state index is -2.69. The van der Waals surface area contributed by atoms with Crippen molar-refractivity contribution in [3.05, 3.63) is 0 Å². The van der Waals surface area contributed by atoms with Gasteiger partial charge in [0, 0.05) is 0 Å². The minimum absolute atomic E-state index is 1.72. The first-order valence-electron chi connectivity index (χ1n) is 1.31. The SMILES string of the molecule is FC(Cl)Cl.FC(F)Cl. The number of halogens is 6. The molecule has 0 saturated carbocycles. The molecule has 0 radical (unpaired) electrons. The van der Waals surface area contributed by atoms with Crippen LogP contribution in [0.25, 0.3) is 0 Å². The first-order chi connectivity index (χ1) is 3.46. The van der Waals surface area contributed by atoms with E-state index in [9.17, 15) is 13.2 Å². The number of rotatable bonds is 0. The molecule has 0 rings (SSSR count). The van der Waals surface area contributed by atoms with E-state index >= 15 is 0 Å². The standard InChI is InChI=1S/CHCl2F.CHClF2/c2*2-1(3)4/h2*1H. The molecular formula is C2H2Cl3F3. The Hall–Kier alpha value is 0.660. The monoisotopic (exact) mass is 188 g/mol. The highest BCUT2D eigenvalue weighted by molar-refractivity contribution is 6.42. The van der Waals surface area contributed by atoms with Gasteiger partial charge in [0.1, 0.15) is 0 Å². The predicted molar refractivity (Wildman–Crippen MR) is 28.5 cm³/mol. The average Bonchev–Trinajstić information content (AvgIpc) is 1.25. The molecule has 0 bridgehead atoms. The molecule has 0 aliphatic heterocycles. The maximum absolute atomic E-state index is 10.5. The van der Waals surface area contributed by atoms with Gasteiger partial charge in [-0.15, -0.1) is 0 Å². The largest absolute Gasteiger partial charge is 0.312 e. The summed E-state index contributed by atoms with van der Waals surface area (Å²) in [4.78, 5) is 0. The van der Waals surface area contributed by atoms with Gasteiger partial charge < -0.3 is 0 Å². The normalized spacial score (nSPS) is 9.00. The molecule has 0 aromatic heterocycles. The van der Waals surface area contributed by atoms with Gasteiger partial charge in [0.25, 0.3) is 0 Å². The Balaban J connectivity index is 0. The Labute approximate surface area is 59.5 Å². The van der Waals surface area contributed by atoms with Crippen molar-refractivity contribution in [1.29, 1.82) is 0 Å². The van der Waals surface area contributed by atoms with Crippen LogP contribution in [-0.2, 0) is 0 Å². The fourth-order valence-corrected chi connectivity index (χ4v) is 0. The van der Waals surface area contributed by atoms with Gasteiger partial charge in [-0.25, -0.2) is 4.39 Å². The van der Waals surface area contributed by atoms with Gasteiger partial charge in [0.15, 0.2) is 0 Å². The summed E-state index contributed by atoms with van der Waals surface area (Å²) in [6, 6.07) is 0. The van der Waals surface area contributed by atoms with E-state index in [4.69, 9.17) is 0 Å². The predicted octanol–water partition coefficient (Wildman–Crippen LogP) is 3.16. The lowest BCUT2D eigenvalue weighted by Crippen LogP contribution is -1.62. The van der Waals surface area contributed by atoms with Gasteiger partial charge in [0.2, 0.25) is 5.09 Å². The van der Waals surface area contributed by atoms with Gasteiger partial charge >= 0.3 is 5.88 Å². The topological polar surface area (TPSA) is 0 Å². The van der Waals surface area contributed by atoms with Crippen LogP contribution in [0.1, 0.15) is 0 Å². The summed E-state index contributed by atoms with van der Waals surface area (Å²) in [7, 11) is 0. The minimum Gasteiger partial charge on any atom is -0.212 e. The van der Waals surface area contributed by atoms with E-state index in [1.54, 1.807) is 0 Å². The van der Waals surface area contributed by atoms with Gasteiger partial charge in [-0.1, -0.05) is 34.8 Å². The molecule has 0 atom stereocenters. The molecule has 0 aromatic rings. The van der Waals surface area contributed by atoms with Crippen LogP contribution in [0, 0.1) is 0 Å². The summed E-state index contributed by atoms with van der Waals surface area (Å²) in [6.45, 7) is 0. The molecule has 0 aliphatic rings. The summed E-state index contributed by atoms with van der Waals surface area (Å²) in [5.74, 6) is -2.69. The molecule has 8 heavy (non-hydrogen) atoms. The summed E-state index contributed by atoms with van der Waals surface area (Å²) in [5, 5.41) is -1.72. The lowest BCUT2D eigenvalue weighted by molar-refractivity contribution is 0.243. The zero-order chi connectivity index (χ0) is 7.15. The van der Waals surface area contributed by atoms with Crippen LogP contribution < -0.4 is 0 Å². The van der Waals surface area contributed by atoms with Gasteiger partial charge in [-0.3, -0.25) is 0 Å². The third-order valence-corrected chi connectivity index (χ3v) is 0. The molecule has 0 N–H and O–H groups in total. The highest BCUT2D eigenvalue weighted by Gasteiger charge is 1.83. The highest BCUT2D eigenvalue weighted by atomic mass is 35.5.